The molecule has 0 saturated carbocycles. The van der Waals surface area contributed by atoms with Crippen LogP contribution in [-0.4, -0.2) is 16.8 Å². The molecule has 0 aliphatic heterocycles. The third kappa shape index (κ3) is 5.06. The molecule has 0 aromatic heterocycles. The van der Waals surface area contributed by atoms with E-state index in [4.69, 9.17) is 0 Å². The molecule has 0 heterocycles. The maximum atomic E-state index is 13.8. The summed E-state index contributed by atoms with van der Waals surface area (Å²) in [5.41, 5.74) is 0.0831. The maximum absolute atomic E-state index is 13.8. The molecule has 0 atom stereocenters. The molecule has 35 heavy (non-hydrogen) atoms. The SMILES string of the molecule is Cc1ccccc1S(=O)(=O)NC(NS(=O)(=O)c1ccccc1C)(c1ccccc1)c1ccccc1. The summed E-state index contributed by atoms with van der Waals surface area (Å²) < 4.78 is 60.5. The van der Waals surface area contributed by atoms with Crippen molar-refractivity contribution in [2.24, 2.45) is 0 Å². The van der Waals surface area contributed by atoms with Crippen LogP contribution in [-0.2, 0) is 25.7 Å². The Morgan fingerprint density at radius 2 is 0.800 bits per heavy atom. The van der Waals surface area contributed by atoms with E-state index in [9.17, 15) is 16.8 Å². The lowest BCUT2D eigenvalue weighted by molar-refractivity contribution is 0.431. The van der Waals surface area contributed by atoms with Gasteiger partial charge in [-0.2, -0.15) is 9.44 Å². The fraction of sp³-hybridized carbons (Fsp3) is 0.111. The highest BCUT2D eigenvalue weighted by atomic mass is 32.2. The largest absolute Gasteiger partial charge is 0.242 e. The molecule has 0 aliphatic carbocycles. The zero-order valence-electron chi connectivity index (χ0n) is 19.3. The monoisotopic (exact) mass is 506 g/mol. The highest BCUT2D eigenvalue weighted by Gasteiger charge is 2.43. The van der Waals surface area contributed by atoms with Gasteiger partial charge in [0.15, 0.2) is 0 Å². The van der Waals surface area contributed by atoms with Crippen molar-refractivity contribution in [1.29, 1.82) is 0 Å². The second-order valence-corrected chi connectivity index (χ2v) is 11.5. The fourth-order valence-electron chi connectivity index (χ4n) is 4.03. The van der Waals surface area contributed by atoms with Crippen LogP contribution < -0.4 is 9.44 Å². The van der Waals surface area contributed by atoms with Crippen LogP contribution >= 0.6 is 0 Å². The highest BCUT2D eigenvalue weighted by molar-refractivity contribution is 7.90. The number of sulfonamides is 2. The molecular weight excluding hydrogens is 480 g/mol. The Morgan fingerprint density at radius 3 is 1.14 bits per heavy atom. The van der Waals surface area contributed by atoms with Gasteiger partial charge in [-0.25, -0.2) is 16.8 Å². The van der Waals surface area contributed by atoms with Gasteiger partial charge in [0, 0.05) is 0 Å². The van der Waals surface area contributed by atoms with E-state index in [1.165, 1.54) is 12.1 Å². The summed E-state index contributed by atoms with van der Waals surface area (Å²) in [4.78, 5) is 0.123. The van der Waals surface area contributed by atoms with Crippen molar-refractivity contribution < 1.29 is 16.8 Å². The number of nitrogens with one attached hydrogen (secondary N) is 2. The number of hydrogen-bond donors (Lipinski definition) is 2. The summed E-state index contributed by atoms with van der Waals surface area (Å²) in [5.74, 6) is 0. The Kier molecular flexibility index (Phi) is 6.91. The summed E-state index contributed by atoms with van der Waals surface area (Å²) in [6.45, 7) is 3.39. The van der Waals surface area contributed by atoms with E-state index in [0.29, 0.717) is 22.3 Å². The van der Waals surface area contributed by atoms with Gasteiger partial charge in [0.2, 0.25) is 20.0 Å². The lowest BCUT2D eigenvalue weighted by Gasteiger charge is -2.36. The van der Waals surface area contributed by atoms with E-state index in [-0.39, 0.29) is 9.79 Å². The lowest BCUT2D eigenvalue weighted by atomic mass is 9.93. The molecule has 0 amide bonds. The third-order valence-corrected chi connectivity index (χ3v) is 8.98. The van der Waals surface area contributed by atoms with Crippen molar-refractivity contribution in [1.82, 2.24) is 9.44 Å². The highest BCUT2D eigenvalue weighted by Crippen LogP contribution is 2.32. The van der Waals surface area contributed by atoms with Gasteiger partial charge >= 0.3 is 0 Å². The van der Waals surface area contributed by atoms with Crippen molar-refractivity contribution in [3.63, 3.8) is 0 Å². The Bertz CT molecular complexity index is 1420. The molecule has 0 aliphatic rings. The first kappa shape index (κ1) is 24.8. The molecule has 0 fully saturated rings. The van der Waals surface area contributed by atoms with Crippen LogP contribution in [0.15, 0.2) is 119 Å². The van der Waals surface area contributed by atoms with Crippen LogP contribution in [0.2, 0.25) is 0 Å². The third-order valence-electron chi connectivity index (χ3n) is 5.75. The second-order valence-electron chi connectivity index (χ2n) is 8.22. The van der Waals surface area contributed by atoms with Crippen molar-refractivity contribution in [2.45, 2.75) is 29.3 Å². The van der Waals surface area contributed by atoms with Gasteiger partial charge in [-0.05, 0) is 48.2 Å². The molecule has 0 radical (unpaired) electrons. The standard InChI is InChI=1S/C27H26N2O4S2/c1-21-13-9-11-19-25(21)34(30,31)28-27(23-15-5-3-6-16-23,24-17-7-4-8-18-24)29-35(32,33)26-20-12-10-14-22(26)2/h3-20,28-29H,1-2H3. The number of rotatable bonds is 8. The molecule has 4 aromatic rings. The zero-order chi connectivity index (χ0) is 25.1. The number of aryl methyl sites for hydroxylation is 2. The predicted molar refractivity (Wildman–Crippen MR) is 137 cm³/mol. The Labute approximate surface area is 206 Å². The molecule has 8 heteroatoms. The zero-order valence-corrected chi connectivity index (χ0v) is 21.0. The minimum Gasteiger partial charge on any atom is -0.207 e. The smallest absolute Gasteiger partial charge is 0.207 e. The first-order valence-electron chi connectivity index (χ1n) is 11.0. The van der Waals surface area contributed by atoms with E-state index in [0.717, 1.165) is 0 Å². The minimum absolute atomic E-state index is 0.0614. The average Bonchev–Trinajstić information content (AvgIpc) is 2.84. The van der Waals surface area contributed by atoms with Gasteiger partial charge < -0.3 is 0 Å². The molecule has 0 spiro atoms. The number of hydrogen-bond acceptors (Lipinski definition) is 4. The second kappa shape index (κ2) is 9.75. The van der Waals surface area contributed by atoms with Gasteiger partial charge in [-0.3, -0.25) is 0 Å². The summed E-state index contributed by atoms with van der Waals surface area (Å²) in [6, 6.07) is 30.4. The molecule has 0 bridgehead atoms. The lowest BCUT2D eigenvalue weighted by Crippen LogP contribution is -2.58. The van der Waals surface area contributed by atoms with Crippen LogP contribution in [0.4, 0.5) is 0 Å². The van der Waals surface area contributed by atoms with Crippen LogP contribution in [0.1, 0.15) is 22.3 Å². The van der Waals surface area contributed by atoms with Crippen LogP contribution in [0, 0.1) is 13.8 Å². The molecule has 4 aromatic carbocycles. The van der Waals surface area contributed by atoms with Crippen molar-refractivity contribution in [3.8, 4) is 0 Å². The quantitative estimate of drug-likeness (QED) is 0.345. The van der Waals surface area contributed by atoms with E-state index < -0.39 is 25.7 Å². The van der Waals surface area contributed by atoms with Crippen molar-refractivity contribution in [2.75, 3.05) is 0 Å². The van der Waals surface area contributed by atoms with Crippen LogP contribution in [0.3, 0.4) is 0 Å². The van der Waals surface area contributed by atoms with E-state index in [1.807, 2.05) is 0 Å². The average molecular weight is 507 g/mol. The fourth-order valence-corrected chi connectivity index (χ4v) is 7.19. The summed E-state index contributed by atoms with van der Waals surface area (Å²) >= 11 is 0. The van der Waals surface area contributed by atoms with E-state index in [1.54, 1.807) is 111 Å². The molecule has 0 saturated heterocycles. The molecule has 2 N–H and O–H groups in total. The number of benzene rings is 4. The Hall–Kier alpha value is -3.30. The normalized spacial score (nSPS) is 12.4. The van der Waals surface area contributed by atoms with Gasteiger partial charge in [0.25, 0.3) is 0 Å². The Balaban J connectivity index is 1.99. The summed E-state index contributed by atoms with van der Waals surface area (Å²) in [7, 11) is -8.37. The van der Waals surface area contributed by atoms with Gasteiger partial charge in [-0.15, -0.1) is 0 Å². The van der Waals surface area contributed by atoms with Crippen molar-refractivity contribution in [3.05, 3.63) is 131 Å². The molecule has 180 valence electrons. The molecular formula is C27H26N2O4S2. The first-order chi connectivity index (χ1) is 16.7. The maximum Gasteiger partial charge on any atom is 0.242 e. The van der Waals surface area contributed by atoms with Gasteiger partial charge in [0.05, 0.1) is 9.79 Å². The van der Waals surface area contributed by atoms with Crippen LogP contribution in [0.5, 0.6) is 0 Å². The summed E-state index contributed by atoms with van der Waals surface area (Å²) in [5, 5.41) is 0. The Morgan fingerprint density at radius 1 is 0.486 bits per heavy atom. The molecule has 0 unspecified atom stereocenters. The van der Waals surface area contributed by atoms with Crippen LogP contribution in [0.25, 0.3) is 0 Å². The molecule has 4 rings (SSSR count). The first-order valence-corrected chi connectivity index (χ1v) is 13.9. The topological polar surface area (TPSA) is 92.3 Å². The van der Waals surface area contributed by atoms with Gasteiger partial charge in [-0.1, -0.05) is 97.1 Å². The van der Waals surface area contributed by atoms with E-state index in [2.05, 4.69) is 9.44 Å². The minimum atomic E-state index is -4.19. The summed E-state index contributed by atoms with van der Waals surface area (Å²) in [6.07, 6.45) is 0. The predicted octanol–water partition coefficient (Wildman–Crippen LogP) is 4.46. The van der Waals surface area contributed by atoms with E-state index >= 15 is 0 Å². The molecule has 6 nitrogen and oxygen atoms in total. The van der Waals surface area contributed by atoms with Gasteiger partial charge in [0.1, 0.15) is 5.66 Å². The van der Waals surface area contributed by atoms with Crippen molar-refractivity contribution >= 4 is 20.0 Å².